The van der Waals surface area contributed by atoms with Crippen molar-refractivity contribution in [3.63, 3.8) is 0 Å². The van der Waals surface area contributed by atoms with Gasteiger partial charge < -0.3 is 15.2 Å². The van der Waals surface area contributed by atoms with E-state index in [4.69, 9.17) is 10.5 Å². The quantitative estimate of drug-likeness (QED) is 0.810. The van der Waals surface area contributed by atoms with Gasteiger partial charge in [0.25, 0.3) is 0 Å². The first kappa shape index (κ1) is 13.5. The molecule has 4 nitrogen and oxygen atoms in total. The Kier molecular flexibility index (Phi) is 6.10. The largest absolute Gasteiger partial charge is 0.493 e. The first-order chi connectivity index (χ1) is 8.27. The smallest absolute Gasteiger partial charge is 0.307 e. The van der Waals surface area contributed by atoms with Crippen LogP contribution in [0.25, 0.3) is 0 Å². The van der Waals surface area contributed by atoms with Gasteiger partial charge in [0.15, 0.2) is 0 Å². The summed E-state index contributed by atoms with van der Waals surface area (Å²) in [6, 6.07) is 8.18. The molecule has 0 aliphatic carbocycles. The highest BCUT2D eigenvalue weighted by molar-refractivity contribution is 5.69. The minimum Gasteiger partial charge on any atom is -0.493 e. The molecule has 0 aromatic heterocycles. The molecular weight excluding hydrogens is 218 g/mol. The number of rotatable bonds is 3. The Labute approximate surface area is 102 Å². The minimum absolute atomic E-state index is 0.213. The summed E-state index contributed by atoms with van der Waals surface area (Å²) < 4.78 is 9.86. The van der Waals surface area contributed by atoms with Crippen molar-refractivity contribution in [2.24, 2.45) is 5.73 Å². The van der Waals surface area contributed by atoms with Crippen LogP contribution in [0.4, 0.5) is 0 Å². The fourth-order valence-electron chi connectivity index (χ4n) is 1.47. The maximum atomic E-state index is 10.3. The van der Waals surface area contributed by atoms with Crippen LogP contribution in [0.5, 0.6) is 5.75 Å². The second-order valence-electron chi connectivity index (χ2n) is 3.55. The van der Waals surface area contributed by atoms with E-state index < -0.39 is 0 Å². The molecule has 0 radical (unpaired) electrons. The molecule has 2 rings (SSSR count). The summed E-state index contributed by atoms with van der Waals surface area (Å²) in [5, 5.41) is 0. The highest BCUT2D eigenvalue weighted by atomic mass is 16.5. The van der Waals surface area contributed by atoms with Gasteiger partial charge in [0, 0.05) is 13.0 Å². The molecule has 0 unspecified atom stereocenters. The third-order valence-corrected chi connectivity index (χ3v) is 2.26. The second-order valence-corrected chi connectivity index (χ2v) is 3.55. The molecule has 1 heterocycles. The summed E-state index contributed by atoms with van der Waals surface area (Å²) in [6.07, 6.45) is 1.41. The van der Waals surface area contributed by atoms with E-state index in [-0.39, 0.29) is 5.97 Å². The molecule has 2 N–H and O–H groups in total. The number of carbonyl (C=O) groups is 1. The van der Waals surface area contributed by atoms with Crippen LogP contribution in [-0.2, 0) is 16.0 Å². The third-order valence-electron chi connectivity index (χ3n) is 2.26. The van der Waals surface area contributed by atoms with Gasteiger partial charge in [-0.2, -0.15) is 0 Å². The number of fused-ring (bicyclic) bond motifs is 1. The second kappa shape index (κ2) is 7.68. The van der Waals surface area contributed by atoms with E-state index in [1.807, 2.05) is 18.2 Å². The van der Waals surface area contributed by atoms with Crippen LogP contribution in [0, 0.1) is 0 Å². The predicted molar refractivity (Wildman–Crippen MR) is 65.9 cm³/mol. The fourth-order valence-corrected chi connectivity index (χ4v) is 1.47. The van der Waals surface area contributed by atoms with Gasteiger partial charge in [0.05, 0.1) is 19.6 Å². The molecule has 0 bridgehead atoms. The Morgan fingerprint density at radius 1 is 1.47 bits per heavy atom. The SMILES string of the molecule is CCOC(=O)CCN.c1ccc2c(c1)CCO2. The molecule has 0 atom stereocenters. The van der Waals surface area contributed by atoms with Crippen molar-refractivity contribution in [2.45, 2.75) is 19.8 Å². The van der Waals surface area contributed by atoms with Gasteiger partial charge in [0.2, 0.25) is 0 Å². The van der Waals surface area contributed by atoms with Gasteiger partial charge >= 0.3 is 5.97 Å². The standard InChI is InChI=1S/C8H8O.C5H11NO2/c1-2-4-8-7(3-1)5-6-9-8;1-2-8-5(7)3-4-6/h1-4H,5-6H2;2-4,6H2,1H3. The van der Waals surface area contributed by atoms with Crippen molar-refractivity contribution in [1.82, 2.24) is 0 Å². The molecule has 17 heavy (non-hydrogen) atoms. The molecule has 0 amide bonds. The van der Waals surface area contributed by atoms with Crippen molar-refractivity contribution in [1.29, 1.82) is 0 Å². The van der Waals surface area contributed by atoms with Gasteiger partial charge in [-0.05, 0) is 18.6 Å². The maximum Gasteiger partial charge on any atom is 0.307 e. The van der Waals surface area contributed by atoms with Crippen LogP contribution in [0.1, 0.15) is 18.9 Å². The maximum absolute atomic E-state index is 10.3. The lowest BCUT2D eigenvalue weighted by atomic mass is 10.2. The van der Waals surface area contributed by atoms with Crippen LogP contribution in [0.2, 0.25) is 0 Å². The lowest BCUT2D eigenvalue weighted by molar-refractivity contribution is -0.142. The van der Waals surface area contributed by atoms with Gasteiger partial charge in [-0.1, -0.05) is 18.2 Å². The average molecular weight is 237 g/mol. The minimum atomic E-state index is -0.213. The summed E-state index contributed by atoms with van der Waals surface area (Å²) in [5.41, 5.74) is 6.40. The van der Waals surface area contributed by atoms with Gasteiger partial charge in [-0.15, -0.1) is 0 Å². The number of hydrogen-bond acceptors (Lipinski definition) is 4. The summed E-state index contributed by atoms with van der Waals surface area (Å²) >= 11 is 0. The van der Waals surface area contributed by atoms with Crippen molar-refractivity contribution in [3.8, 4) is 5.75 Å². The lowest BCUT2D eigenvalue weighted by Crippen LogP contribution is -2.10. The molecule has 0 saturated carbocycles. The zero-order chi connectivity index (χ0) is 12.5. The van der Waals surface area contributed by atoms with Crippen LogP contribution < -0.4 is 10.5 Å². The van der Waals surface area contributed by atoms with Crippen molar-refractivity contribution in [3.05, 3.63) is 29.8 Å². The zero-order valence-electron chi connectivity index (χ0n) is 10.1. The Balaban J connectivity index is 0.000000172. The molecule has 1 aliphatic rings. The summed E-state index contributed by atoms with van der Waals surface area (Å²) in [4.78, 5) is 10.3. The highest BCUT2D eigenvalue weighted by Crippen LogP contribution is 2.23. The molecule has 0 fully saturated rings. The number of nitrogens with two attached hydrogens (primary N) is 1. The van der Waals surface area contributed by atoms with E-state index in [1.54, 1.807) is 6.92 Å². The number of para-hydroxylation sites is 1. The van der Waals surface area contributed by atoms with Crippen LogP contribution in [0.15, 0.2) is 24.3 Å². The first-order valence-corrected chi connectivity index (χ1v) is 5.84. The van der Waals surface area contributed by atoms with E-state index in [2.05, 4.69) is 10.8 Å². The Hall–Kier alpha value is -1.55. The molecule has 1 aromatic rings. The Morgan fingerprint density at radius 2 is 2.24 bits per heavy atom. The summed E-state index contributed by atoms with van der Waals surface area (Å²) in [6.45, 7) is 3.45. The van der Waals surface area contributed by atoms with Crippen LogP contribution >= 0.6 is 0 Å². The molecule has 0 saturated heterocycles. The predicted octanol–water partition coefficient (Wildman–Crippen LogP) is 1.52. The zero-order valence-corrected chi connectivity index (χ0v) is 10.1. The summed E-state index contributed by atoms with van der Waals surface area (Å²) in [7, 11) is 0. The molecule has 0 spiro atoms. The van der Waals surface area contributed by atoms with Crippen LogP contribution in [0.3, 0.4) is 0 Å². The Bertz CT molecular complexity index is 321. The number of ether oxygens (including phenoxy) is 2. The molecule has 4 heteroatoms. The van der Waals surface area contributed by atoms with E-state index in [9.17, 15) is 4.79 Å². The van der Waals surface area contributed by atoms with E-state index in [0.29, 0.717) is 19.6 Å². The normalized spacial score (nSPS) is 11.9. The van der Waals surface area contributed by atoms with Gasteiger partial charge in [0.1, 0.15) is 5.75 Å². The topological polar surface area (TPSA) is 61.5 Å². The third kappa shape index (κ3) is 4.87. The van der Waals surface area contributed by atoms with Crippen LogP contribution in [-0.4, -0.2) is 25.7 Å². The van der Waals surface area contributed by atoms with Gasteiger partial charge in [-0.3, -0.25) is 4.79 Å². The average Bonchev–Trinajstić information content (AvgIpc) is 2.78. The molecule has 1 aromatic carbocycles. The van der Waals surface area contributed by atoms with Gasteiger partial charge in [-0.25, -0.2) is 0 Å². The van der Waals surface area contributed by atoms with E-state index in [1.165, 1.54) is 5.56 Å². The number of hydrogen-bond donors (Lipinski definition) is 1. The van der Waals surface area contributed by atoms with Crippen molar-refractivity contribution < 1.29 is 14.3 Å². The molecule has 1 aliphatic heterocycles. The fraction of sp³-hybridized carbons (Fsp3) is 0.462. The highest BCUT2D eigenvalue weighted by Gasteiger charge is 2.08. The van der Waals surface area contributed by atoms with E-state index >= 15 is 0 Å². The molecule has 94 valence electrons. The van der Waals surface area contributed by atoms with Crippen molar-refractivity contribution in [2.75, 3.05) is 19.8 Å². The number of carbonyl (C=O) groups excluding carboxylic acids is 1. The number of benzene rings is 1. The molecular formula is C13H19NO3. The van der Waals surface area contributed by atoms with E-state index in [0.717, 1.165) is 18.8 Å². The summed E-state index contributed by atoms with van der Waals surface area (Å²) in [5.74, 6) is 0.854. The first-order valence-electron chi connectivity index (χ1n) is 5.84. The Morgan fingerprint density at radius 3 is 2.88 bits per heavy atom. The monoisotopic (exact) mass is 237 g/mol. The number of esters is 1. The van der Waals surface area contributed by atoms with Crippen molar-refractivity contribution >= 4 is 5.97 Å². The lowest BCUT2D eigenvalue weighted by Gasteiger charge is -1.96.